The summed E-state index contributed by atoms with van der Waals surface area (Å²) in [5.41, 5.74) is -0.0592. The minimum atomic E-state index is -0.0592. The van der Waals surface area contributed by atoms with E-state index in [0.29, 0.717) is 11.7 Å². The lowest BCUT2D eigenvalue weighted by Crippen LogP contribution is -2.51. The van der Waals surface area contributed by atoms with Crippen LogP contribution in [0.2, 0.25) is 0 Å². The molecule has 3 fully saturated rings. The van der Waals surface area contributed by atoms with Crippen LogP contribution < -0.4 is 0 Å². The van der Waals surface area contributed by atoms with Crippen LogP contribution in [0.25, 0.3) is 0 Å². The highest BCUT2D eigenvalue weighted by molar-refractivity contribution is 5.88. The molecule has 0 amide bonds. The SMILES string of the molecule is CC1(C)CCC(CN2CCN(C3CCCC3)CC2)C1=O. The quantitative estimate of drug-likeness (QED) is 0.792. The topological polar surface area (TPSA) is 23.6 Å². The van der Waals surface area contributed by atoms with Crippen molar-refractivity contribution in [2.45, 2.75) is 58.4 Å². The molecule has 3 nitrogen and oxygen atoms in total. The van der Waals surface area contributed by atoms with E-state index in [1.54, 1.807) is 0 Å². The molecule has 0 aromatic rings. The zero-order chi connectivity index (χ0) is 14.2. The number of Topliss-reactive ketones (excluding diaryl/α,β-unsaturated/α-hetero) is 1. The van der Waals surface area contributed by atoms with Gasteiger partial charge in [0.05, 0.1) is 0 Å². The maximum absolute atomic E-state index is 12.3. The van der Waals surface area contributed by atoms with Crippen LogP contribution in [0.1, 0.15) is 52.4 Å². The van der Waals surface area contributed by atoms with Gasteiger partial charge >= 0.3 is 0 Å². The molecule has 0 radical (unpaired) electrons. The average molecular weight is 278 g/mol. The van der Waals surface area contributed by atoms with Crippen molar-refractivity contribution in [1.82, 2.24) is 9.80 Å². The molecule has 0 N–H and O–H groups in total. The summed E-state index contributed by atoms with van der Waals surface area (Å²) in [6, 6.07) is 0.865. The van der Waals surface area contributed by atoms with Gasteiger partial charge in [-0.3, -0.25) is 9.69 Å². The second kappa shape index (κ2) is 5.76. The molecule has 0 spiro atoms. The molecule has 1 heterocycles. The van der Waals surface area contributed by atoms with E-state index in [2.05, 4.69) is 23.6 Å². The molecule has 0 aromatic heterocycles. The van der Waals surface area contributed by atoms with Crippen molar-refractivity contribution >= 4 is 5.78 Å². The van der Waals surface area contributed by atoms with E-state index >= 15 is 0 Å². The predicted octanol–water partition coefficient (Wildman–Crippen LogP) is 2.55. The van der Waals surface area contributed by atoms with Crippen LogP contribution in [0.15, 0.2) is 0 Å². The summed E-state index contributed by atoms with van der Waals surface area (Å²) in [4.78, 5) is 17.6. The number of nitrogens with zero attached hydrogens (tertiary/aromatic N) is 2. The molecule has 1 atom stereocenters. The average Bonchev–Trinajstić information content (AvgIpc) is 3.04. The Labute approximate surface area is 123 Å². The summed E-state index contributed by atoms with van der Waals surface area (Å²) in [7, 11) is 0. The minimum absolute atomic E-state index is 0.0592. The van der Waals surface area contributed by atoms with Crippen molar-refractivity contribution < 1.29 is 4.79 Å². The Morgan fingerprint density at radius 2 is 1.70 bits per heavy atom. The van der Waals surface area contributed by atoms with Crippen LogP contribution in [0, 0.1) is 11.3 Å². The Bertz CT molecular complexity index is 352. The maximum atomic E-state index is 12.3. The predicted molar refractivity (Wildman–Crippen MR) is 81.8 cm³/mol. The normalized spacial score (nSPS) is 33.1. The standard InChI is InChI=1S/C17H30N2O/c1-17(2)8-7-14(16(17)20)13-18-9-11-19(12-10-18)15-5-3-4-6-15/h14-15H,3-13H2,1-2H3. The van der Waals surface area contributed by atoms with Crippen molar-refractivity contribution in [3.05, 3.63) is 0 Å². The summed E-state index contributed by atoms with van der Waals surface area (Å²) in [5.74, 6) is 0.818. The number of hydrogen-bond acceptors (Lipinski definition) is 3. The molecule has 0 bridgehead atoms. The molecule has 114 valence electrons. The first-order valence-electron chi connectivity index (χ1n) is 8.57. The number of carbonyl (C=O) groups is 1. The molecular formula is C17H30N2O. The largest absolute Gasteiger partial charge is 0.300 e. The third kappa shape index (κ3) is 2.94. The van der Waals surface area contributed by atoms with Crippen molar-refractivity contribution in [3.63, 3.8) is 0 Å². The molecule has 3 heteroatoms. The van der Waals surface area contributed by atoms with Gasteiger partial charge in [0, 0.05) is 50.1 Å². The van der Waals surface area contributed by atoms with Gasteiger partial charge in [-0.15, -0.1) is 0 Å². The molecule has 3 aliphatic rings. The Hall–Kier alpha value is -0.410. The number of ketones is 1. The van der Waals surface area contributed by atoms with Gasteiger partial charge in [-0.2, -0.15) is 0 Å². The highest BCUT2D eigenvalue weighted by Crippen LogP contribution is 2.38. The fraction of sp³-hybridized carbons (Fsp3) is 0.941. The van der Waals surface area contributed by atoms with E-state index in [-0.39, 0.29) is 5.41 Å². The lowest BCUT2D eigenvalue weighted by Gasteiger charge is -2.38. The van der Waals surface area contributed by atoms with Crippen LogP contribution in [-0.4, -0.2) is 54.3 Å². The zero-order valence-corrected chi connectivity index (χ0v) is 13.2. The summed E-state index contributed by atoms with van der Waals surface area (Å²) in [5, 5.41) is 0. The molecule has 1 aliphatic heterocycles. The molecule has 1 saturated heterocycles. The Kier molecular flexibility index (Phi) is 4.19. The first kappa shape index (κ1) is 14.5. The van der Waals surface area contributed by atoms with E-state index in [1.807, 2.05) is 0 Å². The fourth-order valence-corrected chi connectivity index (χ4v) is 4.41. The summed E-state index contributed by atoms with van der Waals surface area (Å²) < 4.78 is 0. The second-order valence-corrected chi connectivity index (χ2v) is 7.76. The molecule has 0 aromatic carbocycles. The lowest BCUT2D eigenvalue weighted by atomic mass is 9.89. The Morgan fingerprint density at radius 1 is 1.05 bits per heavy atom. The van der Waals surface area contributed by atoms with Crippen LogP contribution in [0.5, 0.6) is 0 Å². The molecule has 1 unspecified atom stereocenters. The molecule has 20 heavy (non-hydrogen) atoms. The highest BCUT2D eigenvalue weighted by atomic mass is 16.1. The highest BCUT2D eigenvalue weighted by Gasteiger charge is 2.41. The lowest BCUT2D eigenvalue weighted by molar-refractivity contribution is -0.128. The van der Waals surface area contributed by atoms with Gasteiger partial charge in [-0.25, -0.2) is 0 Å². The van der Waals surface area contributed by atoms with E-state index in [9.17, 15) is 4.79 Å². The molecule has 2 aliphatic carbocycles. The molecular weight excluding hydrogens is 248 g/mol. The number of carbonyl (C=O) groups excluding carboxylic acids is 1. The Balaban J connectivity index is 1.46. The number of piperazine rings is 1. The van der Waals surface area contributed by atoms with Crippen LogP contribution in [-0.2, 0) is 4.79 Å². The van der Waals surface area contributed by atoms with Gasteiger partial charge < -0.3 is 4.90 Å². The van der Waals surface area contributed by atoms with Gasteiger partial charge in [0.2, 0.25) is 0 Å². The number of hydrogen-bond donors (Lipinski definition) is 0. The first-order chi connectivity index (χ1) is 9.56. The monoisotopic (exact) mass is 278 g/mol. The third-order valence-corrected chi connectivity index (χ3v) is 5.88. The van der Waals surface area contributed by atoms with E-state index in [4.69, 9.17) is 0 Å². The second-order valence-electron chi connectivity index (χ2n) is 7.76. The summed E-state index contributed by atoms with van der Waals surface area (Å²) in [6.45, 7) is 10.0. The van der Waals surface area contributed by atoms with Gasteiger partial charge in [-0.1, -0.05) is 26.7 Å². The van der Waals surface area contributed by atoms with Crippen molar-refractivity contribution in [3.8, 4) is 0 Å². The van der Waals surface area contributed by atoms with Gasteiger partial charge in [0.15, 0.2) is 0 Å². The van der Waals surface area contributed by atoms with Crippen LogP contribution in [0.3, 0.4) is 0 Å². The molecule has 2 saturated carbocycles. The summed E-state index contributed by atoms with van der Waals surface area (Å²) >= 11 is 0. The fourth-order valence-electron chi connectivity index (χ4n) is 4.41. The molecule has 3 rings (SSSR count). The van der Waals surface area contributed by atoms with Gasteiger partial charge in [0.25, 0.3) is 0 Å². The van der Waals surface area contributed by atoms with Crippen LogP contribution >= 0.6 is 0 Å². The summed E-state index contributed by atoms with van der Waals surface area (Å²) in [6.07, 6.45) is 7.87. The number of rotatable bonds is 3. The first-order valence-corrected chi connectivity index (χ1v) is 8.57. The minimum Gasteiger partial charge on any atom is -0.300 e. The van der Waals surface area contributed by atoms with Crippen molar-refractivity contribution in [1.29, 1.82) is 0 Å². The van der Waals surface area contributed by atoms with E-state index in [1.165, 1.54) is 51.9 Å². The smallest absolute Gasteiger partial charge is 0.142 e. The maximum Gasteiger partial charge on any atom is 0.142 e. The van der Waals surface area contributed by atoms with Crippen LogP contribution in [0.4, 0.5) is 0 Å². The zero-order valence-electron chi connectivity index (χ0n) is 13.2. The van der Waals surface area contributed by atoms with Crippen molar-refractivity contribution in [2.24, 2.45) is 11.3 Å². The van der Waals surface area contributed by atoms with Crippen molar-refractivity contribution in [2.75, 3.05) is 32.7 Å². The van der Waals surface area contributed by atoms with E-state index in [0.717, 1.165) is 25.4 Å². The van der Waals surface area contributed by atoms with Gasteiger partial charge in [0.1, 0.15) is 5.78 Å². The van der Waals surface area contributed by atoms with Gasteiger partial charge in [-0.05, 0) is 25.7 Å². The Morgan fingerprint density at radius 3 is 2.25 bits per heavy atom. The van der Waals surface area contributed by atoms with E-state index < -0.39 is 0 Å². The third-order valence-electron chi connectivity index (χ3n) is 5.88.